The minimum absolute atomic E-state index is 0.384. The van der Waals surface area contributed by atoms with Gasteiger partial charge in [-0.15, -0.1) is 0 Å². The Kier molecular flexibility index (Phi) is 3.61. The van der Waals surface area contributed by atoms with Crippen LogP contribution in [0, 0.1) is 0 Å². The standard InChI is InChI=1S/C13H12N2O4/c1-19-10-4-2-9(3-5-10)11-7-15(8-13(17)18)12(16)6-14-11/h2-7H,8H2,1H3,(H,17,18). The quantitative estimate of drug-likeness (QED) is 0.887. The summed E-state index contributed by atoms with van der Waals surface area (Å²) in [6.07, 6.45) is 2.54. The van der Waals surface area contributed by atoms with Crippen molar-refractivity contribution in [1.29, 1.82) is 0 Å². The molecule has 1 N–H and O–H groups in total. The Labute approximate surface area is 108 Å². The van der Waals surface area contributed by atoms with E-state index in [9.17, 15) is 9.59 Å². The van der Waals surface area contributed by atoms with Crippen LogP contribution in [-0.2, 0) is 11.3 Å². The molecule has 2 rings (SSSR count). The van der Waals surface area contributed by atoms with Crippen LogP contribution in [-0.4, -0.2) is 27.7 Å². The Morgan fingerprint density at radius 3 is 2.63 bits per heavy atom. The summed E-state index contributed by atoms with van der Waals surface area (Å²) in [4.78, 5) is 26.1. The number of benzene rings is 1. The van der Waals surface area contributed by atoms with Gasteiger partial charge in [-0.1, -0.05) is 0 Å². The Hall–Kier alpha value is -2.63. The molecule has 0 saturated heterocycles. The summed E-state index contributed by atoms with van der Waals surface area (Å²) >= 11 is 0. The highest BCUT2D eigenvalue weighted by molar-refractivity contribution is 5.67. The fourth-order valence-corrected chi connectivity index (χ4v) is 1.62. The van der Waals surface area contributed by atoms with E-state index < -0.39 is 11.5 Å². The minimum Gasteiger partial charge on any atom is -0.497 e. The second-order valence-electron chi connectivity index (χ2n) is 3.86. The molecule has 98 valence electrons. The summed E-state index contributed by atoms with van der Waals surface area (Å²) in [7, 11) is 1.57. The molecule has 0 aliphatic rings. The van der Waals surface area contributed by atoms with Crippen molar-refractivity contribution in [2.24, 2.45) is 0 Å². The largest absolute Gasteiger partial charge is 0.497 e. The van der Waals surface area contributed by atoms with Crippen molar-refractivity contribution >= 4 is 5.97 Å². The van der Waals surface area contributed by atoms with Crippen molar-refractivity contribution in [2.75, 3.05) is 7.11 Å². The molecule has 0 atom stereocenters. The molecule has 6 heteroatoms. The lowest BCUT2D eigenvalue weighted by Crippen LogP contribution is -2.23. The number of hydrogen-bond donors (Lipinski definition) is 1. The second-order valence-corrected chi connectivity index (χ2v) is 3.86. The van der Waals surface area contributed by atoms with Gasteiger partial charge in [0.15, 0.2) is 0 Å². The Balaban J connectivity index is 2.39. The SMILES string of the molecule is COc1ccc(-c2cn(CC(=O)O)c(=O)cn2)cc1. The van der Waals surface area contributed by atoms with Gasteiger partial charge in [0, 0.05) is 11.8 Å². The van der Waals surface area contributed by atoms with Crippen molar-refractivity contribution in [1.82, 2.24) is 9.55 Å². The maximum absolute atomic E-state index is 11.5. The number of carboxylic acid groups (broad SMARTS) is 1. The first kappa shape index (κ1) is 12.8. The predicted octanol–water partition coefficient (Wildman–Crippen LogP) is 1.00. The highest BCUT2D eigenvalue weighted by Crippen LogP contribution is 2.19. The molecule has 0 bridgehead atoms. The first-order chi connectivity index (χ1) is 9.10. The van der Waals surface area contributed by atoms with Gasteiger partial charge in [0.05, 0.1) is 19.0 Å². The molecule has 0 aliphatic carbocycles. The molecule has 0 spiro atoms. The van der Waals surface area contributed by atoms with Crippen LogP contribution in [0.3, 0.4) is 0 Å². The molecule has 0 fully saturated rings. The fraction of sp³-hybridized carbons (Fsp3) is 0.154. The number of aromatic nitrogens is 2. The van der Waals surface area contributed by atoms with Crippen LogP contribution in [0.2, 0.25) is 0 Å². The van der Waals surface area contributed by atoms with Gasteiger partial charge in [-0.05, 0) is 24.3 Å². The molecule has 0 radical (unpaired) electrons. The third kappa shape index (κ3) is 2.98. The van der Waals surface area contributed by atoms with Gasteiger partial charge in [-0.3, -0.25) is 9.59 Å². The zero-order chi connectivity index (χ0) is 13.8. The van der Waals surface area contributed by atoms with Crippen LogP contribution >= 0.6 is 0 Å². The lowest BCUT2D eigenvalue weighted by atomic mass is 10.1. The van der Waals surface area contributed by atoms with E-state index in [2.05, 4.69) is 4.98 Å². The number of rotatable bonds is 4. The molecule has 1 aromatic carbocycles. The minimum atomic E-state index is -1.08. The molecular weight excluding hydrogens is 248 g/mol. The van der Waals surface area contributed by atoms with E-state index in [1.807, 2.05) is 0 Å². The van der Waals surface area contributed by atoms with Gasteiger partial charge in [0.1, 0.15) is 12.3 Å². The monoisotopic (exact) mass is 260 g/mol. The molecule has 0 amide bonds. The van der Waals surface area contributed by atoms with Gasteiger partial charge in [0.2, 0.25) is 0 Å². The maximum Gasteiger partial charge on any atom is 0.323 e. The molecule has 0 saturated carbocycles. The van der Waals surface area contributed by atoms with Crippen LogP contribution < -0.4 is 10.3 Å². The van der Waals surface area contributed by atoms with E-state index in [-0.39, 0.29) is 6.54 Å². The van der Waals surface area contributed by atoms with E-state index in [4.69, 9.17) is 9.84 Å². The average molecular weight is 260 g/mol. The smallest absolute Gasteiger partial charge is 0.323 e. The summed E-state index contributed by atoms with van der Waals surface area (Å²) in [5.41, 5.74) is 0.864. The zero-order valence-corrected chi connectivity index (χ0v) is 10.2. The van der Waals surface area contributed by atoms with E-state index in [0.29, 0.717) is 11.4 Å². The molecule has 0 unspecified atom stereocenters. The summed E-state index contributed by atoms with van der Waals surface area (Å²) < 4.78 is 6.15. The number of nitrogens with zero attached hydrogens (tertiary/aromatic N) is 2. The van der Waals surface area contributed by atoms with Crippen molar-refractivity contribution in [3.05, 3.63) is 47.0 Å². The van der Waals surface area contributed by atoms with Gasteiger partial charge in [-0.2, -0.15) is 0 Å². The van der Waals surface area contributed by atoms with Crippen LogP contribution in [0.4, 0.5) is 0 Å². The lowest BCUT2D eigenvalue weighted by molar-refractivity contribution is -0.137. The molecule has 2 aromatic rings. The van der Waals surface area contributed by atoms with E-state index in [1.54, 1.807) is 31.4 Å². The molecule has 6 nitrogen and oxygen atoms in total. The van der Waals surface area contributed by atoms with Gasteiger partial charge >= 0.3 is 5.97 Å². The van der Waals surface area contributed by atoms with Crippen molar-refractivity contribution < 1.29 is 14.6 Å². The van der Waals surface area contributed by atoms with Gasteiger partial charge in [0.25, 0.3) is 5.56 Å². The summed E-state index contributed by atoms with van der Waals surface area (Å²) in [6, 6.07) is 7.11. The highest BCUT2D eigenvalue weighted by Gasteiger charge is 2.06. The Bertz CT molecular complexity index is 646. The highest BCUT2D eigenvalue weighted by atomic mass is 16.5. The van der Waals surface area contributed by atoms with Crippen LogP contribution in [0.1, 0.15) is 0 Å². The molecule has 19 heavy (non-hydrogen) atoms. The molecule has 0 aliphatic heterocycles. The second kappa shape index (κ2) is 5.34. The van der Waals surface area contributed by atoms with Gasteiger partial charge in [-0.25, -0.2) is 4.98 Å². The van der Waals surface area contributed by atoms with E-state index >= 15 is 0 Å². The number of aliphatic carboxylic acids is 1. The van der Waals surface area contributed by atoms with Gasteiger partial charge < -0.3 is 14.4 Å². The third-order valence-electron chi connectivity index (χ3n) is 2.57. The number of methoxy groups -OCH3 is 1. The Morgan fingerprint density at radius 2 is 2.05 bits per heavy atom. The predicted molar refractivity (Wildman–Crippen MR) is 68.1 cm³/mol. The first-order valence-corrected chi connectivity index (χ1v) is 5.53. The third-order valence-corrected chi connectivity index (χ3v) is 2.57. The molecular formula is C13H12N2O4. The number of hydrogen-bond acceptors (Lipinski definition) is 4. The maximum atomic E-state index is 11.5. The van der Waals surface area contributed by atoms with E-state index in [0.717, 1.165) is 16.3 Å². The number of carbonyl (C=O) groups is 1. The molecule has 1 heterocycles. The van der Waals surface area contributed by atoms with Crippen LogP contribution in [0.25, 0.3) is 11.3 Å². The summed E-state index contributed by atoms with van der Waals surface area (Å²) in [5.74, 6) is -0.364. The summed E-state index contributed by atoms with van der Waals surface area (Å²) in [6.45, 7) is -0.384. The normalized spacial score (nSPS) is 10.2. The first-order valence-electron chi connectivity index (χ1n) is 5.53. The van der Waals surface area contributed by atoms with Crippen molar-refractivity contribution in [2.45, 2.75) is 6.54 Å². The van der Waals surface area contributed by atoms with Crippen LogP contribution in [0.5, 0.6) is 5.75 Å². The Morgan fingerprint density at radius 1 is 1.37 bits per heavy atom. The van der Waals surface area contributed by atoms with Crippen molar-refractivity contribution in [3.8, 4) is 17.0 Å². The molecule has 1 aromatic heterocycles. The summed E-state index contributed by atoms with van der Waals surface area (Å²) in [5, 5.41) is 8.72. The van der Waals surface area contributed by atoms with Crippen molar-refractivity contribution in [3.63, 3.8) is 0 Å². The number of ether oxygens (including phenoxy) is 1. The van der Waals surface area contributed by atoms with Crippen LogP contribution in [0.15, 0.2) is 41.5 Å². The average Bonchev–Trinajstić information content (AvgIpc) is 2.41. The lowest BCUT2D eigenvalue weighted by Gasteiger charge is -2.06. The number of carboxylic acids is 1. The zero-order valence-electron chi connectivity index (χ0n) is 10.2. The topological polar surface area (TPSA) is 81.4 Å². The fourth-order valence-electron chi connectivity index (χ4n) is 1.62. The van der Waals surface area contributed by atoms with E-state index in [1.165, 1.54) is 6.20 Å².